The van der Waals surface area contributed by atoms with E-state index in [9.17, 15) is 8.42 Å². The molecule has 1 fully saturated rings. The van der Waals surface area contributed by atoms with Crippen molar-refractivity contribution in [3.05, 3.63) is 77.3 Å². The molecule has 0 saturated carbocycles. The van der Waals surface area contributed by atoms with E-state index in [1.165, 1.54) is 6.26 Å². The lowest BCUT2D eigenvalue weighted by atomic mass is 9.74. The Morgan fingerprint density at radius 2 is 1.87 bits per heavy atom. The van der Waals surface area contributed by atoms with E-state index in [0.29, 0.717) is 16.5 Å². The number of sulfone groups is 1. The fourth-order valence-electron chi connectivity index (χ4n) is 3.90. The topological polar surface area (TPSA) is 72.0 Å². The summed E-state index contributed by atoms with van der Waals surface area (Å²) < 4.78 is 30.0. The fraction of sp³-hybridized carbons (Fsp3) is 0.318. The Balaban J connectivity index is 1.81. The summed E-state index contributed by atoms with van der Waals surface area (Å²) in [6.07, 6.45) is 5.69. The van der Waals surface area contributed by atoms with Gasteiger partial charge in [-0.15, -0.1) is 11.8 Å². The first-order valence-corrected chi connectivity index (χ1v) is 12.8. The molecular formula is C22H23ClN2O3S2. The van der Waals surface area contributed by atoms with Gasteiger partial charge in [0.05, 0.1) is 23.0 Å². The number of H-pyrrole nitrogens is 1. The largest absolute Gasteiger partial charge is 0.377 e. The summed E-state index contributed by atoms with van der Waals surface area (Å²) in [5, 5.41) is 0.825. The second-order valence-corrected chi connectivity index (χ2v) is 11.4. The van der Waals surface area contributed by atoms with Gasteiger partial charge in [-0.3, -0.25) is 0 Å². The van der Waals surface area contributed by atoms with Crippen LogP contribution in [-0.2, 0) is 20.0 Å². The first-order chi connectivity index (χ1) is 14.3. The van der Waals surface area contributed by atoms with Gasteiger partial charge in [0, 0.05) is 33.8 Å². The maximum atomic E-state index is 11.9. The number of hydrogen-bond donors (Lipinski definition) is 1. The number of imidazole rings is 1. The van der Waals surface area contributed by atoms with Crippen LogP contribution in [0.5, 0.6) is 0 Å². The highest BCUT2D eigenvalue weighted by Crippen LogP contribution is 2.47. The molecule has 8 heteroatoms. The summed E-state index contributed by atoms with van der Waals surface area (Å²) in [5.74, 6) is 0.813. The first-order valence-electron chi connectivity index (χ1n) is 9.63. The zero-order chi connectivity index (χ0) is 21.4. The average molecular weight is 463 g/mol. The van der Waals surface area contributed by atoms with Crippen molar-refractivity contribution in [2.24, 2.45) is 0 Å². The van der Waals surface area contributed by atoms with Gasteiger partial charge in [-0.2, -0.15) is 0 Å². The summed E-state index contributed by atoms with van der Waals surface area (Å²) in [5.41, 5.74) is 0.430. The molecule has 1 aliphatic rings. The molecule has 158 valence electrons. The van der Waals surface area contributed by atoms with Crippen LogP contribution in [0.15, 0.2) is 70.7 Å². The summed E-state index contributed by atoms with van der Waals surface area (Å²) >= 11 is 7.84. The van der Waals surface area contributed by atoms with Gasteiger partial charge in [0.15, 0.2) is 9.84 Å². The molecule has 0 aliphatic carbocycles. The molecule has 3 unspecified atom stereocenters. The molecule has 3 atom stereocenters. The minimum Gasteiger partial charge on any atom is -0.377 e. The van der Waals surface area contributed by atoms with Crippen LogP contribution in [-0.4, -0.2) is 42.6 Å². The molecule has 0 bridgehead atoms. The van der Waals surface area contributed by atoms with E-state index in [0.717, 1.165) is 22.7 Å². The van der Waals surface area contributed by atoms with Crippen molar-refractivity contribution < 1.29 is 13.2 Å². The van der Waals surface area contributed by atoms with Crippen LogP contribution in [0, 0.1) is 0 Å². The quantitative estimate of drug-likeness (QED) is 0.593. The lowest BCUT2D eigenvalue weighted by Gasteiger charge is -2.44. The maximum Gasteiger partial charge on any atom is 0.175 e. The molecule has 30 heavy (non-hydrogen) atoms. The van der Waals surface area contributed by atoms with E-state index < -0.39 is 15.3 Å². The zero-order valence-corrected chi connectivity index (χ0v) is 19.1. The third-order valence-corrected chi connectivity index (χ3v) is 8.31. The second-order valence-electron chi connectivity index (χ2n) is 7.62. The van der Waals surface area contributed by atoms with Gasteiger partial charge in [-0.05, 0) is 55.3 Å². The van der Waals surface area contributed by atoms with Crippen LogP contribution in [0.25, 0.3) is 0 Å². The van der Waals surface area contributed by atoms with Crippen LogP contribution >= 0.6 is 23.4 Å². The monoisotopic (exact) mass is 462 g/mol. The Morgan fingerprint density at radius 3 is 2.47 bits per heavy atom. The van der Waals surface area contributed by atoms with Gasteiger partial charge in [0.1, 0.15) is 5.82 Å². The maximum absolute atomic E-state index is 11.9. The standard InChI is InChI=1S/C22H23ClN2O3S2/c1-15-13-20(29-18-7-5-17(23)6-8-18)22(14-28-15,21-24-11-12-25-21)16-3-9-19(10-4-16)30(2,26)27/h3-12,15,20H,13-14H2,1-2H3,(H,24,25). The molecule has 1 saturated heterocycles. The summed E-state index contributed by atoms with van der Waals surface area (Å²) in [4.78, 5) is 9.30. The summed E-state index contributed by atoms with van der Waals surface area (Å²) in [7, 11) is -3.27. The Bertz CT molecular complexity index is 1100. The van der Waals surface area contributed by atoms with Gasteiger partial charge in [0.2, 0.25) is 0 Å². The van der Waals surface area contributed by atoms with Gasteiger partial charge < -0.3 is 9.72 Å². The predicted molar refractivity (Wildman–Crippen MR) is 120 cm³/mol. The van der Waals surface area contributed by atoms with E-state index >= 15 is 0 Å². The van der Waals surface area contributed by atoms with Crippen molar-refractivity contribution in [3.8, 4) is 0 Å². The Morgan fingerprint density at radius 1 is 1.17 bits per heavy atom. The van der Waals surface area contributed by atoms with E-state index in [2.05, 4.69) is 16.9 Å². The molecular weight excluding hydrogens is 440 g/mol. The first kappa shape index (κ1) is 21.4. The smallest absolute Gasteiger partial charge is 0.175 e. The zero-order valence-electron chi connectivity index (χ0n) is 16.7. The van der Waals surface area contributed by atoms with E-state index in [4.69, 9.17) is 16.3 Å². The van der Waals surface area contributed by atoms with Crippen LogP contribution in [0.1, 0.15) is 24.7 Å². The number of nitrogens with one attached hydrogen (secondary N) is 1. The van der Waals surface area contributed by atoms with Crippen molar-refractivity contribution in [1.82, 2.24) is 9.97 Å². The minimum atomic E-state index is -3.27. The van der Waals surface area contributed by atoms with Crippen molar-refractivity contribution >= 4 is 33.2 Å². The van der Waals surface area contributed by atoms with Crippen molar-refractivity contribution in [2.45, 2.75) is 39.9 Å². The fourth-order valence-corrected chi connectivity index (χ4v) is 6.16. The van der Waals surface area contributed by atoms with Gasteiger partial charge in [-0.1, -0.05) is 23.7 Å². The normalized spacial score (nSPS) is 24.6. The molecule has 3 aromatic rings. The number of rotatable bonds is 5. The van der Waals surface area contributed by atoms with Crippen LogP contribution in [0.3, 0.4) is 0 Å². The van der Waals surface area contributed by atoms with Crippen LogP contribution in [0.2, 0.25) is 5.02 Å². The number of ether oxygens (including phenoxy) is 1. The number of aromatic nitrogens is 2. The van der Waals surface area contributed by atoms with Crippen molar-refractivity contribution in [1.29, 1.82) is 0 Å². The lowest BCUT2D eigenvalue weighted by molar-refractivity contribution is -0.00659. The molecule has 1 N–H and O–H groups in total. The molecule has 2 aromatic carbocycles. The number of thioether (sulfide) groups is 1. The van der Waals surface area contributed by atoms with Crippen molar-refractivity contribution in [3.63, 3.8) is 0 Å². The molecule has 2 heterocycles. The highest BCUT2D eigenvalue weighted by Gasteiger charge is 2.49. The number of aromatic amines is 1. The Kier molecular flexibility index (Phi) is 5.99. The van der Waals surface area contributed by atoms with E-state index in [1.807, 2.05) is 42.6 Å². The van der Waals surface area contributed by atoms with Gasteiger partial charge in [-0.25, -0.2) is 13.4 Å². The van der Waals surface area contributed by atoms with Crippen LogP contribution < -0.4 is 0 Å². The second kappa shape index (κ2) is 8.38. The van der Waals surface area contributed by atoms with Gasteiger partial charge in [0.25, 0.3) is 0 Å². The number of benzene rings is 2. The molecule has 0 spiro atoms. The molecule has 5 nitrogen and oxygen atoms in total. The molecule has 1 aromatic heterocycles. The Labute approximate surface area is 186 Å². The highest BCUT2D eigenvalue weighted by atomic mass is 35.5. The molecule has 4 rings (SSSR count). The third-order valence-electron chi connectivity index (χ3n) is 5.50. The molecule has 0 radical (unpaired) electrons. The summed E-state index contributed by atoms with van der Waals surface area (Å²) in [6.45, 7) is 2.53. The average Bonchev–Trinajstić information content (AvgIpc) is 3.25. The highest BCUT2D eigenvalue weighted by molar-refractivity contribution is 8.00. The lowest BCUT2D eigenvalue weighted by Crippen LogP contribution is -2.50. The van der Waals surface area contributed by atoms with Gasteiger partial charge >= 0.3 is 0 Å². The number of nitrogens with zero attached hydrogens (tertiary/aromatic N) is 1. The van der Waals surface area contributed by atoms with E-state index in [-0.39, 0.29) is 11.4 Å². The SMILES string of the molecule is CC1CC(Sc2ccc(Cl)cc2)C(c2ccc(S(C)(=O)=O)cc2)(c2ncc[nH]2)CO1. The van der Waals surface area contributed by atoms with Crippen LogP contribution in [0.4, 0.5) is 0 Å². The number of hydrogen-bond acceptors (Lipinski definition) is 5. The Hall–Kier alpha value is -1.80. The van der Waals surface area contributed by atoms with E-state index in [1.54, 1.807) is 30.1 Å². The van der Waals surface area contributed by atoms with Crippen molar-refractivity contribution in [2.75, 3.05) is 12.9 Å². The summed E-state index contributed by atoms with van der Waals surface area (Å²) in [6, 6.07) is 14.9. The molecule has 0 amide bonds. The minimum absolute atomic E-state index is 0.105. The molecule has 1 aliphatic heterocycles. The predicted octanol–water partition coefficient (Wildman–Crippen LogP) is 4.72. The number of halogens is 1. The third kappa shape index (κ3) is 4.17.